The molecule has 2 rings (SSSR count). The summed E-state index contributed by atoms with van der Waals surface area (Å²) in [5.74, 6) is 6.40. The second-order valence-electron chi connectivity index (χ2n) is 3.33. The van der Waals surface area contributed by atoms with Crippen LogP contribution < -0.4 is 0 Å². The molecule has 0 fully saturated rings. The molecule has 92 valence electrons. The van der Waals surface area contributed by atoms with E-state index in [1.165, 1.54) is 4.88 Å². The van der Waals surface area contributed by atoms with E-state index >= 15 is 0 Å². The summed E-state index contributed by atoms with van der Waals surface area (Å²) in [7, 11) is 0. The summed E-state index contributed by atoms with van der Waals surface area (Å²) < 4.78 is 0. The van der Waals surface area contributed by atoms with E-state index in [9.17, 15) is 0 Å². The highest BCUT2D eigenvalue weighted by molar-refractivity contribution is 7.98. The number of hydrogen-bond donors (Lipinski definition) is 1. The van der Waals surface area contributed by atoms with E-state index in [1.54, 1.807) is 29.3 Å². The van der Waals surface area contributed by atoms with E-state index in [0.717, 1.165) is 15.7 Å². The lowest BCUT2D eigenvalue weighted by Gasteiger charge is -1.98. The van der Waals surface area contributed by atoms with Crippen LogP contribution in [0.4, 0.5) is 0 Å². The molecule has 2 heterocycles. The monoisotopic (exact) mass is 295 g/mol. The van der Waals surface area contributed by atoms with Crippen molar-refractivity contribution in [3.05, 3.63) is 45.2 Å². The summed E-state index contributed by atoms with van der Waals surface area (Å²) in [6.07, 6.45) is 1.65. The number of aliphatic hydroxyl groups is 1. The Balaban J connectivity index is 1.94. The average molecular weight is 296 g/mol. The lowest BCUT2D eigenvalue weighted by molar-refractivity contribution is 0.350. The summed E-state index contributed by atoms with van der Waals surface area (Å²) in [6, 6.07) is 7.77. The van der Waals surface area contributed by atoms with Crippen molar-refractivity contribution >= 4 is 34.7 Å². The van der Waals surface area contributed by atoms with Crippen LogP contribution >= 0.6 is 34.7 Å². The third-order valence-corrected chi connectivity index (χ3v) is 4.41. The second kappa shape index (κ2) is 6.81. The predicted octanol–water partition coefficient (Wildman–Crippen LogP) is 3.43. The van der Waals surface area contributed by atoms with Crippen LogP contribution in [0.15, 0.2) is 35.5 Å². The maximum Gasteiger partial charge on any atom is 0.104 e. The molecule has 0 radical (unpaired) electrons. The van der Waals surface area contributed by atoms with Crippen LogP contribution in [0.2, 0.25) is 5.02 Å². The Kier molecular flexibility index (Phi) is 5.09. The molecule has 0 atom stereocenters. The van der Waals surface area contributed by atoms with Gasteiger partial charge in [0, 0.05) is 16.8 Å². The number of halogens is 1. The minimum Gasteiger partial charge on any atom is -0.384 e. The molecule has 5 heteroatoms. The van der Waals surface area contributed by atoms with Gasteiger partial charge in [-0.1, -0.05) is 23.4 Å². The first-order valence-corrected chi connectivity index (χ1v) is 7.39. The van der Waals surface area contributed by atoms with E-state index in [2.05, 4.69) is 22.9 Å². The van der Waals surface area contributed by atoms with Gasteiger partial charge in [0.15, 0.2) is 0 Å². The summed E-state index contributed by atoms with van der Waals surface area (Å²) in [4.78, 5) is 6.44. The Morgan fingerprint density at radius 1 is 1.33 bits per heavy atom. The van der Waals surface area contributed by atoms with Gasteiger partial charge in [0.1, 0.15) is 6.61 Å². The molecule has 18 heavy (non-hydrogen) atoms. The number of rotatable bonds is 3. The minimum atomic E-state index is -0.101. The minimum absolute atomic E-state index is 0.101. The summed E-state index contributed by atoms with van der Waals surface area (Å²) in [6.45, 7) is -0.101. The smallest absolute Gasteiger partial charge is 0.104 e. The van der Waals surface area contributed by atoms with Crippen molar-refractivity contribution in [3.63, 3.8) is 0 Å². The van der Waals surface area contributed by atoms with Gasteiger partial charge < -0.3 is 5.11 Å². The van der Waals surface area contributed by atoms with Crippen molar-refractivity contribution in [2.75, 3.05) is 6.61 Å². The molecule has 0 aliphatic heterocycles. The molecule has 0 aromatic carbocycles. The van der Waals surface area contributed by atoms with Gasteiger partial charge in [-0.3, -0.25) is 0 Å². The zero-order valence-corrected chi connectivity index (χ0v) is 11.8. The maximum atomic E-state index is 8.62. The molecule has 0 amide bonds. The molecule has 2 aromatic rings. The quantitative estimate of drug-likeness (QED) is 0.696. The third kappa shape index (κ3) is 4.04. The summed E-state index contributed by atoms with van der Waals surface area (Å²) >= 11 is 9.07. The Hall–Kier alpha value is -0.990. The highest BCUT2D eigenvalue weighted by Gasteiger charge is 2.01. The van der Waals surface area contributed by atoms with Crippen LogP contribution in [0.25, 0.3) is 0 Å². The van der Waals surface area contributed by atoms with Gasteiger partial charge in [0.2, 0.25) is 0 Å². The van der Waals surface area contributed by atoms with Gasteiger partial charge in [-0.2, -0.15) is 0 Å². The Morgan fingerprint density at radius 2 is 2.22 bits per heavy atom. The molecule has 0 aliphatic carbocycles. The fraction of sp³-hybridized carbons (Fsp3) is 0.154. The first-order valence-electron chi connectivity index (χ1n) is 5.21. The molecule has 2 nitrogen and oxygen atoms in total. The lowest BCUT2D eigenvalue weighted by Crippen LogP contribution is -1.79. The molecule has 0 aliphatic rings. The number of thiophene rings is 1. The second-order valence-corrected chi connectivity index (χ2v) is 5.93. The van der Waals surface area contributed by atoms with E-state index in [1.807, 2.05) is 18.2 Å². The Labute approximate surface area is 119 Å². The van der Waals surface area contributed by atoms with E-state index in [-0.39, 0.29) is 6.61 Å². The number of hydrogen-bond acceptors (Lipinski definition) is 4. The van der Waals surface area contributed by atoms with Gasteiger partial charge in [0.25, 0.3) is 0 Å². The highest BCUT2D eigenvalue weighted by atomic mass is 35.5. The van der Waals surface area contributed by atoms with Crippen LogP contribution in [0, 0.1) is 11.8 Å². The molecule has 2 aromatic heterocycles. The van der Waals surface area contributed by atoms with Gasteiger partial charge in [-0.05, 0) is 24.3 Å². The predicted molar refractivity (Wildman–Crippen MR) is 77.1 cm³/mol. The van der Waals surface area contributed by atoms with Crippen LogP contribution in [0.1, 0.15) is 9.75 Å². The normalized spacial score (nSPS) is 9.89. The standard InChI is InChI=1S/C13H10ClNOS2/c14-10-3-6-13(15-8-10)17-9-12-5-4-11(18-12)2-1-7-16/h3-6,8,16H,7,9H2. The van der Waals surface area contributed by atoms with Gasteiger partial charge in [0.05, 0.1) is 14.9 Å². The topological polar surface area (TPSA) is 33.1 Å². The zero-order valence-electron chi connectivity index (χ0n) is 9.39. The fourth-order valence-corrected chi connectivity index (χ4v) is 3.12. The molecule has 0 bridgehead atoms. The zero-order chi connectivity index (χ0) is 12.8. The van der Waals surface area contributed by atoms with E-state index in [4.69, 9.17) is 16.7 Å². The van der Waals surface area contributed by atoms with Crippen molar-refractivity contribution in [1.82, 2.24) is 4.98 Å². The third-order valence-electron chi connectivity index (χ3n) is 2.01. The number of pyridine rings is 1. The summed E-state index contributed by atoms with van der Waals surface area (Å²) in [5.41, 5.74) is 0. The van der Waals surface area contributed by atoms with Crippen molar-refractivity contribution in [2.24, 2.45) is 0 Å². The van der Waals surface area contributed by atoms with Crippen LogP contribution in [-0.2, 0) is 5.75 Å². The van der Waals surface area contributed by atoms with Crippen molar-refractivity contribution < 1.29 is 5.11 Å². The Morgan fingerprint density at radius 3 is 2.94 bits per heavy atom. The molecule has 1 N–H and O–H groups in total. The SMILES string of the molecule is OCC#Cc1ccc(CSc2ccc(Cl)cn2)s1. The van der Waals surface area contributed by atoms with E-state index < -0.39 is 0 Å². The molecule has 0 unspecified atom stereocenters. The maximum absolute atomic E-state index is 8.62. The highest BCUT2D eigenvalue weighted by Crippen LogP contribution is 2.25. The van der Waals surface area contributed by atoms with Crippen molar-refractivity contribution in [1.29, 1.82) is 0 Å². The Bertz CT molecular complexity index is 569. The summed E-state index contributed by atoms with van der Waals surface area (Å²) in [5, 5.41) is 10.2. The van der Waals surface area contributed by atoms with Crippen molar-refractivity contribution in [2.45, 2.75) is 10.8 Å². The molecule has 0 saturated carbocycles. The van der Waals surface area contributed by atoms with Gasteiger partial charge in [-0.15, -0.1) is 23.1 Å². The molecule has 0 saturated heterocycles. The van der Waals surface area contributed by atoms with E-state index in [0.29, 0.717) is 5.02 Å². The number of aromatic nitrogens is 1. The largest absolute Gasteiger partial charge is 0.384 e. The first kappa shape index (κ1) is 13.4. The van der Waals surface area contributed by atoms with Crippen LogP contribution in [-0.4, -0.2) is 16.7 Å². The average Bonchev–Trinajstić information content (AvgIpc) is 2.84. The number of nitrogens with zero attached hydrogens (tertiary/aromatic N) is 1. The first-order chi connectivity index (χ1) is 8.78. The molecule has 0 spiro atoms. The number of aliphatic hydroxyl groups excluding tert-OH is 1. The van der Waals surface area contributed by atoms with Crippen LogP contribution in [0.3, 0.4) is 0 Å². The van der Waals surface area contributed by atoms with Gasteiger partial charge >= 0.3 is 0 Å². The number of thioether (sulfide) groups is 1. The molecular weight excluding hydrogens is 286 g/mol. The molecular formula is C13H10ClNOS2. The fourth-order valence-electron chi connectivity index (χ4n) is 1.24. The lowest BCUT2D eigenvalue weighted by atomic mass is 10.4. The van der Waals surface area contributed by atoms with Crippen LogP contribution in [0.5, 0.6) is 0 Å². The van der Waals surface area contributed by atoms with Crippen molar-refractivity contribution in [3.8, 4) is 11.8 Å². The van der Waals surface area contributed by atoms with Gasteiger partial charge in [-0.25, -0.2) is 4.98 Å².